The number of carbonyl (C=O) groups excluding carboxylic acids is 1. The van der Waals surface area contributed by atoms with Crippen LogP contribution in [-0.2, 0) is 4.79 Å². The quantitative estimate of drug-likeness (QED) is 0.853. The van der Waals surface area contributed by atoms with Crippen LogP contribution in [0.15, 0.2) is 24.3 Å². The van der Waals surface area contributed by atoms with E-state index < -0.39 is 0 Å². The molecule has 1 atom stereocenters. The van der Waals surface area contributed by atoms with Crippen LogP contribution in [0.3, 0.4) is 0 Å². The summed E-state index contributed by atoms with van der Waals surface area (Å²) in [6, 6.07) is 3.90. The highest BCUT2D eigenvalue weighted by molar-refractivity contribution is 5.95. The van der Waals surface area contributed by atoms with Crippen molar-refractivity contribution in [3.05, 3.63) is 29.8 Å². The first-order valence-corrected chi connectivity index (χ1v) is 7.16. The molecule has 0 unspecified atom stereocenters. The van der Waals surface area contributed by atoms with E-state index >= 15 is 0 Å². The smallest absolute Gasteiger partial charge is 0.231 e. The third kappa shape index (κ3) is 2.50. The molecular weight excluding hydrogens is 254 g/mol. The van der Waals surface area contributed by atoms with Crippen molar-refractivity contribution in [2.75, 3.05) is 12.1 Å². The third-order valence-electron chi connectivity index (χ3n) is 3.77. The molecule has 0 fully saturated rings. The predicted octanol–water partition coefficient (Wildman–Crippen LogP) is 3.59. The van der Waals surface area contributed by atoms with Gasteiger partial charge in [-0.05, 0) is 36.8 Å². The largest absolute Gasteiger partial charge is 0.454 e. The summed E-state index contributed by atoms with van der Waals surface area (Å²) in [6.45, 7) is 2.39. The topological polar surface area (TPSA) is 47.6 Å². The lowest BCUT2D eigenvalue weighted by Crippen LogP contribution is -2.22. The van der Waals surface area contributed by atoms with Gasteiger partial charge in [-0.1, -0.05) is 19.1 Å². The van der Waals surface area contributed by atoms with Crippen LogP contribution in [0.2, 0.25) is 0 Å². The summed E-state index contributed by atoms with van der Waals surface area (Å²) in [6.07, 6.45) is 7.95. The fraction of sp³-hybridized carbons (Fsp3) is 0.438. The molecule has 0 aromatic heterocycles. The minimum atomic E-state index is 0.0841. The van der Waals surface area contributed by atoms with Crippen LogP contribution in [0, 0.1) is 0 Å². The highest BCUT2D eigenvalue weighted by Gasteiger charge is 2.28. The zero-order valence-electron chi connectivity index (χ0n) is 11.6. The highest BCUT2D eigenvalue weighted by atomic mass is 16.7. The number of benzene rings is 1. The van der Waals surface area contributed by atoms with E-state index in [4.69, 9.17) is 9.47 Å². The molecule has 0 saturated heterocycles. The van der Waals surface area contributed by atoms with Gasteiger partial charge in [-0.25, -0.2) is 0 Å². The minimum absolute atomic E-state index is 0.0841. The average molecular weight is 273 g/mol. The number of fused-ring (bicyclic) bond motifs is 2. The number of ether oxygens (including phenoxy) is 2. The molecule has 1 aromatic rings. The van der Waals surface area contributed by atoms with E-state index in [9.17, 15) is 4.79 Å². The lowest BCUT2D eigenvalue weighted by molar-refractivity contribution is -0.116. The van der Waals surface area contributed by atoms with Crippen molar-refractivity contribution in [3.63, 3.8) is 0 Å². The Morgan fingerprint density at radius 3 is 2.90 bits per heavy atom. The maximum absolute atomic E-state index is 11.8. The zero-order chi connectivity index (χ0) is 13.9. The van der Waals surface area contributed by atoms with Crippen molar-refractivity contribution >= 4 is 11.6 Å². The Morgan fingerprint density at radius 2 is 2.10 bits per heavy atom. The van der Waals surface area contributed by atoms with Crippen LogP contribution >= 0.6 is 0 Å². The normalized spacial score (nSPS) is 20.1. The second-order valence-corrected chi connectivity index (χ2v) is 5.20. The van der Waals surface area contributed by atoms with Crippen molar-refractivity contribution < 1.29 is 14.3 Å². The first-order valence-electron chi connectivity index (χ1n) is 7.16. The van der Waals surface area contributed by atoms with Gasteiger partial charge >= 0.3 is 0 Å². The maximum Gasteiger partial charge on any atom is 0.231 e. The molecule has 20 heavy (non-hydrogen) atoms. The van der Waals surface area contributed by atoms with Gasteiger partial charge in [-0.15, -0.1) is 0 Å². The maximum atomic E-state index is 11.8. The summed E-state index contributed by atoms with van der Waals surface area (Å²) in [5.41, 5.74) is 2.04. The monoisotopic (exact) mass is 273 g/mol. The summed E-state index contributed by atoms with van der Waals surface area (Å²) >= 11 is 0. The molecule has 2 aliphatic heterocycles. The Bertz CT molecular complexity index is 551. The van der Waals surface area contributed by atoms with Gasteiger partial charge in [0.25, 0.3) is 0 Å². The van der Waals surface area contributed by atoms with E-state index in [1.54, 1.807) is 0 Å². The van der Waals surface area contributed by atoms with Crippen LogP contribution < -0.4 is 14.8 Å². The number of rotatable bonds is 4. The lowest BCUT2D eigenvalue weighted by Gasteiger charge is -2.25. The Balaban J connectivity index is 1.83. The van der Waals surface area contributed by atoms with Gasteiger partial charge in [0.05, 0.1) is 0 Å². The van der Waals surface area contributed by atoms with Crippen LogP contribution in [0.1, 0.15) is 44.1 Å². The van der Waals surface area contributed by atoms with Gasteiger partial charge in [-0.2, -0.15) is 0 Å². The number of hydrogen-bond acceptors (Lipinski definition) is 3. The highest BCUT2D eigenvalue weighted by Crippen LogP contribution is 2.43. The Kier molecular flexibility index (Phi) is 3.63. The van der Waals surface area contributed by atoms with Crippen LogP contribution in [0.4, 0.5) is 5.69 Å². The van der Waals surface area contributed by atoms with Crippen LogP contribution in [0.25, 0.3) is 0 Å². The van der Waals surface area contributed by atoms with Gasteiger partial charge in [0.1, 0.15) is 0 Å². The molecule has 2 aliphatic rings. The Morgan fingerprint density at radius 1 is 1.30 bits per heavy atom. The second-order valence-electron chi connectivity index (χ2n) is 5.20. The Hall–Kier alpha value is -1.97. The van der Waals surface area contributed by atoms with E-state index in [0.717, 1.165) is 36.4 Å². The molecule has 0 bridgehead atoms. The summed E-state index contributed by atoms with van der Waals surface area (Å²) < 4.78 is 10.8. The standard InChI is InChI=1S/C16H19NO3/c1-2-3-4-5-6-11-7-16(18)17-13-9-15-14(8-12(11)13)19-10-20-15/h3-4,8-9,11H,2,5-7,10H2,1H3,(H,17,18)/b4-3-/t11-/m0/s1. The van der Waals surface area contributed by atoms with Crippen molar-refractivity contribution in [1.82, 2.24) is 0 Å². The molecule has 0 spiro atoms. The average Bonchev–Trinajstić information content (AvgIpc) is 2.88. The second kappa shape index (κ2) is 5.57. The molecule has 1 amide bonds. The number of hydrogen-bond donors (Lipinski definition) is 1. The van der Waals surface area contributed by atoms with Crippen LogP contribution in [0.5, 0.6) is 11.5 Å². The molecule has 3 rings (SSSR count). The van der Waals surface area contributed by atoms with E-state index in [1.165, 1.54) is 5.56 Å². The summed E-state index contributed by atoms with van der Waals surface area (Å²) in [7, 11) is 0. The van der Waals surface area contributed by atoms with Gasteiger partial charge in [0.2, 0.25) is 12.7 Å². The lowest BCUT2D eigenvalue weighted by atomic mass is 9.86. The SMILES string of the molecule is CC/C=C\CC[C@H]1CC(=O)Nc2cc3c(cc21)OCO3. The first-order chi connectivity index (χ1) is 9.78. The van der Waals surface area contributed by atoms with Crippen molar-refractivity contribution in [3.8, 4) is 11.5 Å². The molecule has 106 valence electrons. The molecule has 2 heterocycles. The molecule has 1 N–H and O–H groups in total. The van der Waals surface area contributed by atoms with Gasteiger partial charge < -0.3 is 14.8 Å². The minimum Gasteiger partial charge on any atom is -0.454 e. The Labute approximate surface area is 118 Å². The fourth-order valence-electron chi connectivity index (χ4n) is 2.78. The molecule has 4 heteroatoms. The van der Waals surface area contributed by atoms with Gasteiger partial charge in [-0.3, -0.25) is 4.79 Å². The summed E-state index contributed by atoms with van der Waals surface area (Å²) in [5, 5.41) is 2.93. The van der Waals surface area contributed by atoms with Gasteiger partial charge in [0, 0.05) is 18.2 Å². The summed E-state index contributed by atoms with van der Waals surface area (Å²) in [5.74, 6) is 1.85. The number of nitrogens with one attached hydrogen (secondary N) is 1. The molecule has 0 saturated carbocycles. The molecule has 4 nitrogen and oxygen atoms in total. The first kappa shape index (κ1) is 13.0. The molecule has 0 radical (unpaired) electrons. The number of amides is 1. The van der Waals surface area contributed by atoms with E-state index in [0.29, 0.717) is 6.42 Å². The van der Waals surface area contributed by atoms with E-state index in [-0.39, 0.29) is 18.6 Å². The van der Waals surface area contributed by atoms with Crippen molar-refractivity contribution in [1.29, 1.82) is 0 Å². The van der Waals surface area contributed by atoms with E-state index in [2.05, 4.69) is 24.4 Å². The molecule has 0 aliphatic carbocycles. The number of anilines is 1. The summed E-state index contributed by atoms with van der Waals surface area (Å²) in [4.78, 5) is 11.8. The van der Waals surface area contributed by atoms with Gasteiger partial charge in [0.15, 0.2) is 11.5 Å². The fourth-order valence-corrected chi connectivity index (χ4v) is 2.78. The zero-order valence-corrected chi connectivity index (χ0v) is 11.6. The number of allylic oxidation sites excluding steroid dienone is 2. The van der Waals surface area contributed by atoms with E-state index in [1.807, 2.05) is 12.1 Å². The number of carbonyl (C=O) groups is 1. The van der Waals surface area contributed by atoms with Crippen molar-refractivity contribution in [2.24, 2.45) is 0 Å². The van der Waals surface area contributed by atoms with Crippen molar-refractivity contribution in [2.45, 2.75) is 38.5 Å². The third-order valence-corrected chi connectivity index (χ3v) is 3.77. The predicted molar refractivity (Wildman–Crippen MR) is 77.2 cm³/mol. The molecular formula is C16H19NO3. The van der Waals surface area contributed by atoms with Crippen LogP contribution in [-0.4, -0.2) is 12.7 Å². The molecule has 1 aromatic carbocycles.